The van der Waals surface area contributed by atoms with Crippen LogP contribution in [0.4, 0.5) is 0 Å². The number of carbonyl (C=O) groups excluding carboxylic acids is 3. The van der Waals surface area contributed by atoms with Crippen molar-refractivity contribution in [2.24, 2.45) is 0 Å². The Hall–Kier alpha value is -2.23. The van der Waals surface area contributed by atoms with Crippen molar-refractivity contribution < 1.29 is 93.9 Å². The van der Waals surface area contributed by atoms with E-state index in [0.29, 0.717) is 0 Å². The Morgan fingerprint density at radius 2 is 1.14 bits per heavy atom. The van der Waals surface area contributed by atoms with Crippen LogP contribution in [0, 0.1) is 0 Å². The molecule has 3 amide bonds. The van der Waals surface area contributed by atoms with Gasteiger partial charge in [-0.05, 0) is 0 Å². The summed E-state index contributed by atoms with van der Waals surface area (Å²) in [5, 5.41) is 103. The zero-order valence-corrected chi connectivity index (χ0v) is 28.2. The predicted molar refractivity (Wildman–Crippen MR) is 161 cm³/mol. The lowest BCUT2D eigenvalue weighted by Gasteiger charge is -2.48. The molecule has 2 bridgehead atoms. The molecule has 4 rings (SSSR count). The number of hydrogen-bond acceptors (Lipinski definition) is 19. The largest absolute Gasteiger partial charge is 0.394 e. The molecule has 22 nitrogen and oxygen atoms in total. The van der Waals surface area contributed by atoms with Crippen LogP contribution in [0.15, 0.2) is 0 Å². The van der Waals surface area contributed by atoms with E-state index in [2.05, 4.69) is 16.0 Å². The van der Waals surface area contributed by atoms with E-state index >= 15 is 0 Å². The van der Waals surface area contributed by atoms with Gasteiger partial charge >= 0.3 is 0 Å². The molecule has 0 aliphatic carbocycles. The van der Waals surface area contributed by atoms with Crippen LogP contribution in [0.5, 0.6) is 0 Å². The number of amides is 3. The molecule has 4 heterocycles. The minimum absolute atomic E-state index is 0.0114. The number of fused-ring (bicyclic) bond motifs is 2. The maximum Gasteiger partial charge on any atom is 0.217 e. The fraction of sp³-hybridized carbons (Fsp3) is 0.893. The summed E-state index contributed by atoms with van der Waals surface area (Å²) in [6.07, 6.45) is -11.8. The second-order valence-electron chi connectivity index (χ2n) is 12.1. The first-order chi connectivity index (χ1) is 23.4. The molecule has 4 aliphatic rings. The molecule has 4 saturated heterocycles. The van der Waals surface area contributed by atoms with Gasteiger partial charge in [-0.25, -0.2) is 0 Å². The molecule has 0 aromatic heterocycles. The minimum atomic E-state index is -1.73. The Kier molecular flexibility index (Phi) is 16.7. The lowest BCUT2D eigenvalue weighted by molar-refractivity contribution is -0.314. The molecule has 4 aliphatic heterocycles. The van der Waals surface area contributed by atoms with Crippen molar-refractivity contribution in [1.29, 1.82) is 0 Å². The van der Waals surface area contributed by atoms with Crippen molar-refractivity contribution in [3.63, 3.8) is 0 Å². The molecular formula is C28H51N3O19. The zero-order valence-electron chi connectivity index (χ0n) is 28.2. The van der Waals surface area contributed by atoms with Crippen LogP contribution in [-0.2, 0) is 42.8 Å². The molecule has 0 spiro atoms. The number of aliphatic hydroxyl groups excluding tert-OH is 10. The van der Waals surface area contributed by atoms with Crippen molar-refractivity contribution >= 4 is 17.7 Å². The van der Waals surface area contributed by atoms with Gasteiger partial charge in [-0.15, -0.1) is 0 Å². The van der Waals surface area contributed by atoms with Gasteiger partial charge in [0.05, 0.1) is 33.0 Å². The third-order valence-electron chi connectivity index (χ3n) is 8.50. The molecule has 4 fully saturated rings. The number of aliphatic hydroxyl groups is 10. The number of nitrogens with one attached hydrogen (secondary N) is 3. The fourth-order valence-electron chi connectivity index (χ4n) is 5.70. The highest BCUT2D eigenvalue weighted by Crippen LogP contribution is 2.36. The van der Waals surface area contributed by atoms with Gasteiger partial charge in [0.1, 0.15) is 72.1 Å². The number of methoxy groups -OCH3 is 2. The normalized spacial score (nSPS) is 40.3. The number of hydrogen-bond donors (Lipinski definition) is 13. The van der Waals surface area contributed by atoms with Gasteiger partial charge in [0.15, 0.2) is 18.9 Å². The minimum Gasteiger partial charge on any atom is -0.394 e. The lowest BCUT2D eigenvalue weighted by atomic mass is 9.86. The number of carbonyl (C=O) groups is 3. The molecule has 0 aromatic carbocycles. The average Bonchev–Trinajstić information content (AvgIpc) is 3.50. The predicted octanol–water partition coefficient (Wildman–Crippen LogP) is -8.15. The first-order valence-electron chi connectivity index (χ1n) is 15.4. The summed E-state index contributed by atoms with van der Waals surface area (Å²) in [4.78, 5) is 32.8. The standard InChI is InChI=1S/C10H19NO7.C9H15NO6.C9H17NO6/c1-5(14)11-6-7(15)8(16)10(3-12,4-13)18-9(6)17-2;1-4(12)10-5-6(13)7(14)9(2-11)3-15-8(5)16-9;1-4(12)10-6-8(14)7(13)5(3-11)16-9(6)15-2/h6-9,12-13,15-16H,3-4H2,1-2H3,(H,11,14);5-8,11,13-14H,2-3H2,1H3,(H,10,12);5-9,11,13-14H,3H2,1-2H3,(H,10,12)/t6-,7-,8-,9+;5-,6-,7-,8+,9+;5-,6-,7+,8-,9+/m111/s1. The first-order valence-corrected chi connectivity index (χ1v) is 15.4. The van der Waals surface area contributed by atoms with Crippen molar-refractivity contribution in [2.75, 3.05) is 47.3 Å². The number of rotatable bonds is 9. The zero-order chi connectivity index (χ0) is 38.1. The van der Waals surface area contributed by atoms with Crippen LogP contribution in [-0.4, -0.2) is 207 Å². The van der Waals surface area contributed by atoms with Gasteiger partial charge < -0.3 is 95.4 Å². The van der Waals surface area contributed by atoms with Gasteiger partial charge in [-0.3, -0.25) is 14.4 Å². The monoisotopic (exact) mass is 733 g/mol. The summed E-state index contributed by atoms with van der Waals surface area (Å²) in [6, 6.07) is -2.68. The Bertz CT molecular complexity index is 1080. The quantitative estimate of drug-likeness (QED) is 0.105. The van der Waals surface area contributed by atoms with Crippen LogP contribution in [0.3, 0.4) is 0 Å². The maximum atomic E-state index is 11.0. The summed E-state index contributed by atoms with van der Waals surface area (Å²) in [7, 11) is 2.63. The lowest BCUT2D eigenvalue weighted by Crippen LogP contribution is -2.70. The average molecular weight is 734 g/mol. The SMILES string of the molecule is CC(=O)N[C@H]1[C@H]2OC[C@](CO)(O2)[C@H](O)[C@@H]1O.CO[C@H]1OC(CO)(CO)[C@H](O)[C@H](O)[C@H]1NC(C)=O.CO[C@H]1O[C@H](CO)[C@H](O)[C@H](O)[C@H]1NC(C)=O. The van der Waals surface area contributed by atoms with E-state index in [-0.39, 0.29) is 18.4 Å². The van der Waals surface area contributed by atoms with Crippen LogP contribution in [0.1, 0.15) is 20.8 Å². The fourth-order valence-corrected chi connectivity index (χ4v) is 5.70. The van der Waals surface area contributed by atoms with Gasteiger partial charge in [-0.1, -0.05) is 0 Å². The summed E-state index contributed by atoms with van der Waals surface area (Å²) in [5.74, 6) is -1.16. The summed E-state index contributed by atoms with van der Waals surface area (Å²) < 4.78 is 30.9. The van der Waals surface area contributed by atoms with Gasteiger partial charge in [0.2, 0.25) is 17.7 Å². The van der Waals surface area contributed by atoms with Crippen LogP contribution < -0.4 is 16.0 Å². The second-order valence-corrected chi connectivity index (χ2v) is 12.1. The van der Waals surface area contributed by atoms with Crippen molar-refractivity contribution in [3.8, 4) is 0 Å². The summed E-state index contributed by atoms with van der Waals surface area (Å²) in [6.45, 7) is 1.52. The van der Waals surface area contributed by atoms with E-state index in [4.69, 9.17) is 38.6 Å². The maximum absolute atomic E-state index is 11.0. The first kappa shape index (κ1) is 43.9. The topological polar surface area (TPSA) is 345 Å². The highest BCUT2D eigenvalue weighted by Gasteiger charge is 2.59. The Balaban J connectivity index is 0.000000261. The van der Waals surface area contributed by atoms with Gasteiger partial charge in [-0.2, -0.15) is 0 Å². The van der Waals surface area contributed by atoms with Crippen molar-refractivity contribution in [3.05, 3.63) is 0 Å². The summed E-state index contributed by atoms with van der Waals surface area (Å²) in [5.41, 5.74) is -3.01. The van der Waals surface area contributed by atoms with E-state index in [0.717, 1.165) is 0 Å². The Morgan fingerprint density at radius 3 is 1.58 bits per heavy atom. The smallest absolute Gasteiger partial charge is 0.217 e. The molecule has 0 saturated carbocycles. The number of ether oxygens (including phenoxy) is 6. The molecule has 13 N–H and O–H groups in total. The van der Waals surface area contributed by atoms with E-state index in [9.17, 15) is 55.2 Å². The molecular weight excluding hydrogens is 682 g/mol. The van der Waals surface area contributed by atoms with Gasteiger partial charge in [0, 0.05) is 35.0 Å². The van der Waals surface area contributed by atoms with Crippen molar-refractivity contribution in [1.82, 2.24) is 16.0 Å². The van der Waals surface area contributed by atoms with E-state index in [1.165, 1.54) is 35.0 Å². The molecule has 22 heteroatoms. The van der Waals surface area contributed by atoms with Crippen molar-refractivity contribution in [2.45, 2.75) is 112 Å². The molecule has 50 heavy (non-hydrogen) atoms. The Morgan fingerprint density at radius 1 is 0.660 bits per heavy atom. The van der Waals surface area contributed by atoms with Gasteiger partial charge in [0.25, 0.3) is 0 Å². The van der Waals surface area contributed by atoms with E-state index in [1.54, 1.807) is 0 Å². The highest BCUT2D eigenvalue weighted by atomic mass is 16.7. The molecule has 0 aromatic rings. The van der Waals surface area contributed by atoms with E-state index < -0.39 is 123 Å². The molecule has 0 unspecified atom stereocenters. The second kappa shape index (κ2) is 19.0. The third-order valence-corrected chi connectivity index (χ3v) is 8.50. The van der Waals surface area contributed by atoms with Crippen LogP contribution in [0.2, 0.25) is 0 Å². The third kappa shape index (κ3) is 9.80. The molecule has 14 atom stereocenters. The van der Waals surface area contributed by atoms with Crippen LogP contribution >= 0.6 is 0 Å². The van der Waals surface area contributed by atoms with Crippen LogP contribution in [0.25, 0.3) is 0 Å². The molecule has 292 valence electrons. The molecule has 0 radical (unpaired) electrons. The van der Waals surface area contributed by atoms with E-state index in [1.807, 2.05) is 0 Å². The Labute approximate surface area is 286 Å². The summed E-state index contributed by atoms with van der Waals surface area (Å²) >= 11 is 0. The highest BCUT2D eigenvalue weighted by molar-refractivity contribution is 5.74.